The number of benzene rings is 1. The third-order valence-corrected chi connectivity index (χ3v) is 9.02. The summed E-state index contributed by atoms with van der Waals surface area (Å²) >= 11 is 0. The van der Waals surface area contributed by atoms with Crippen LogP contribution in [0.5, 0.6) is 5.75 Å². The van der Waals surface area contributed by atoms with Crippen LogP contribution in [0.4, 0.5) is 5.69 Å². The van der Waals surface area contributed by atoms with Gasteiger partial charge in [-0.05, 0) is 80.7 Å². The molecule has 0 aliphatic carbocycles. The van der Waals surface area contributed by atoms with Gasteiger partial charge in [0.15, 0.2) is 0 Å². The summed E-state index contributed by atoms with van der Waals surface area (Å²) in [6.45, 7) is 15.9. The maximum Gasteiger partial charge on any atom is 0.119 e. The molecule has 0 unspecified atom stereocenters. The van der Waals surface area contributed by atoms with E-state index in [9.17, 15) is 0 Å². The van der Waals surface area contributed by atoms with Gasteiger partial charge in [0.1, 0.15) is 5.75 Å². The zero-order valence-electron chi connectivity index (χ0n) is 26.2. The van der Waals surface area contributed by atoms with E-state index >= 15 is 0 Å². The summed E-state index contributed by atoms with van der Waals surface area (Å²) in [4.78, 5) is 5.49. The SMILES string of the molecule is CCCC[C@H](CC)CN(CCCCCCCCCN1CCCc2cc(OC)ccc21)C[C@@H](CC)CCCC. The fourth-order valence-electron chi connectivity index (χ4n) is 6.35. The van der Waals surface area contributed by atoms with Gasteiger partial charge in [0.05, 0.1) is 7.11 Å². The summed E-state index contributed by atoms with van der Waals surface area (Å²) in [6, 6.07) is 6.64. The van der Waals surface area contributed by atoms with Gasteiger partial charge in [-0.25, -0.2) is 0 Å². The number of anilines is 1. The van der Waals surface area contributed by atoms with Crippen LogP contribution in [0.3, 0.4) is 0 Å². The highest BCUT2D eigenvalue weighted by Gasteiger charge is 2.18. The molecule has 0 saturated carbocycles. The average molecular weight is 529 g/mol. The fourth-order valence-corrected chi connectivity index (χ4v) is 6.35. The summed E-state index contributed by atoms with van der Waals surface area (Å²) in [5.74, 6) is 2.79. The van der Waals surface area contributed by atoms with Gasteiger partial charge in [0.25, 0.3) is 0 Å². The summed E-state index contributed by atoms with van der Waals surface area (Å²) in [5.41, 5.74) is 2.91. The van der Waals surface area contributed by atoms with Gasteiger partial charge in [-0.2, -0.15) is 0 Å². The molecule has 1 aliphatic heterocycles. The molecule has 0 bridgehead atoms. The zero-order valence-corrected chi connectivity index (χ0v) is 26.2. The number of ether oxygens (including phenoxy) is 1. The molecule has 220 valence electrons. The van der Waals surface area contributed by atoms with Crippen molar-refractivity contribution in [3.05, 3.63) is 23.8 Å². The molecule has 0 saturated heterocycles. The van der Waals surface area contributed by atoms with Gasteiger partial charge in [0.2, 0.25) is 0 Å². The topological polar surface area (TPSA) is 15.7 Å². The first-order valence-electron chi connectivity index (χ1n) is 16.8. The fraction of sp³-hybridized carbons (Fsp3) is 0.829. The van der Waals surface area contributed by atoms with Crippen LogP contribution in [0.25, 0.3) is 0 Å². The normalized spacial score (nSPS) is 15.1. The van der Waals surface area contributed by atoms with Crippen molar-refractivity contribution in [1.29, 1.82) is 0 Å². The number of aryl methyl sites for hydroxylation is 1. The quantitative estimate of drug-likeness (QED) is 0.131. The van der Waals surface area contributed by atoms with Crippen LogP contribution in [0, 0.1) is 11.8 Å². The molecule has 2 rings (SSSR count). The van der Waals surface area contributed by atoms with Gasteiger partial charge in [-0.1, -0.05) is 98.3 Å². The molecule has 1 heterocycles. The Morgan fingerprint density at radius 1 is 0.789 bits per heavy atom. The predicted octanol–water partition coefficient (Wildman–Crippen LogP) is 9.91. The van der Waals surface area contributed by atoms with Crippen molar-refractivity contribution in [3.8, 4) is 5.75 Å². The Hall–Kier alpha value is -1.22. The highest BCUT2D eigenvalue weighted by Crippen LogP contribution is 2.30. The van der Waals surface area contributed by atoms with E-state index in [1.165, 1.54) is 153 Å². The van der Waals surface area contributed by atoms with E-state index in [2.05, 4.69) is 55.7 Å². The van der Waals surface area contributed by atoms with Crippen molar-refractivity contribution in [2.45, 2.75) is 137 Å². The van der Waals surface area contributed by atoms with Gasteiger partial charge < -0.3 is 14.5 Å². The number of hydrogen-bond acceptors (Lipinski definition) is 3. The summed E-state index contributed by atoms with van der Waals surface area (Å²) < 4.78 is 5.43. The smallest absolute Gasteiger partial charge is 0.119 e. The lowest BCUT2D eigenvalue weighted by Crippen LogP contribution is -2.35. The monoisotopic (exact) mass is 529 g/mol. The number of unbranched alkanes of at least 4 members (excludes halogenated alkanes) is 8. The van der Waals surface area contributed by atoms with E-state index in [0.717, 1.165) is 17.6 Å². The van der Waals surface area contributed by atoms with Gasteiger partial charge in [-0.3, -0.25) is 0 Å². The summed E-state index contributed by atoms with van der Waals surface area (Å²) in [5, 5.41) is 0. The second kappa shape index (κ2) is 20.7. The highest BCUT2D eigenvalue weighted by atomic mass is 16.5. The van der Waals surface area contributed by atoms with E-state index in [4.69, 9.17) is 4.74 Å². The third-order valence-electron chi connectivity index (χ3n) is 9.02. The van der Waals surface area contributed by atoms with E-state index in [1.54, 1.807) is 7.11 Å². The first-order valence-corrected chi connectivity index (χ1v) is 16.8. The Morgan fingerprint density at radius 3 is 1.97 bits per heavy atom. The van der Waals surface area contributed by atoms with Crippen molar-refractivity contribution >= 4 is 5.69 Å². The minimum atomic E-state index is 0.896. The van der Waals surface area contributed by atoms with Crippen molar-refractivity contribution in [2.24, 2.45) is 11.8 Å². The van der Waals surface area contributed by atoms with Crippen molar-refractivity contribution in [2.75, 3.05) is 44.7 Å². The molecule has 3 heteroatoms. The van der Waals surface area contributed by atoms with E-state index in [-0.39, 0.29) is 0 Å². The number of methoxy groups -OCH3 is 1. The lowest BCUT2D eigenvalue weighted by atomic mass is 9.95. The minimum Gasteiger partial charge on any atom is -0.497 e. The third kappa shape index (κ3) is 12.8. The second-order valence-corrected chi connectivity index (χ2v) is 12.2. The number of nitrogens with zero attached hydrogens (tertiary/aromatic N) is 2. The lowest BCUT2D eigenvalue weighted by molar-refractivity contribution is 0.178. The molecule has 0 spiro atoms. The van der Waals surface area contributed by atoms with Crippen LogP contribution in [0.2, 0.25) is 0 Å². The molecule has 0 N–H and O–H groups in total. The van der Waals surface area contributed by atoms with Crippen LogP contribution in [0.1, 0.15) is 136 Å². The first-order chi connectivity index (χ1) is 18.6. The molecular weight excluding hydrogens is 464 g/mol. The van der Waals surface area contributed by atoms with Crippen molar-refractivity contribution in [1.82, 2.24) is 4.90 Å². The maximum absolute atomic E-state index is 5.43. The highest BCUT2D eigenvalue weighted by molar-refractivity contribution is 5.58. The maximum atomic E-state index is 5.43. The molecule has 1 aromatic carbocycles. The Balaban J connectivity index is 1.64. The van der Waals surface area contributed by atoms with Crippen molar-refractivity contribution < 1.29 is 4.74 Å². The molecule has 0 fully saturated rings. The first kappa shape index (κ1) is 33.0. The van der Waals surface area contributed by atoms with Crippen LogP contribution >= 0.6 is 0 Å². The van der Waals surface area contributed by atoms with Crippen molar-refractivity contribution in [3.63, 3.8) is 0 Å². The van der Waals surface area contributed by atoms with E-state index < -0.39 is 0 Å². The standard InChI is InChI=1S/C35H64N2O/c1-6-10-20-31(8-3)29-36(30-32(9-4)21-11-7-2)25-17-15-13-12-14-16-18-26-37-27-19-22-33-28-34(38-5)23-24-35(33)37/h23-24,28,31-32H,6-22,25-27,29-30H2,1-5H3/t31-,32-/m0/s1. The Labute approximate surface area is 238 Å². The van der Waals surface area contributed by atoms with Gasteiger partial charge >= 0.3 is 0 Å². The average Bonchev–Trinajstić information content (AvgIpc) is 2.95. The molecular formula is C35H64N2O. The van der Waals surface area contributed by atoms with E-state index in [1.807, 2.05) is 0 Å². The predicted molar refractivity (Wildman–Crippen MR) is 169 cm³/mol. The minimum absolute atomic E-state index is 0.896. The number of hydrogen-bond donors (Lipinski definition) is 0. The van der Waals surface area contributed by atoms with Crippen LogP contribution in [-0.2, 0) is 6.42 Å². The van der Waals surface area contributed by atoms with Crippen LogP contribution < -0.4 is 9.64 Å². The molecule has 1 aromatic rings. The van der Waals surface area contributed by atoms with Crippen LogP contribution in [0.15, 0.2) is 18.2 Å². The molecule has 0 radical (unpaired) electrons. The lowest BCUT2D eigenvalue weighted by Gasteiger charge is -2.31. The molecule has 0 amide bonds. The molecule has 3 nitrogen and oxygen atoms in total. The Morgan fingerprint density at radius 2 is 1.39 bits per heavy atom. The molecule has 1 aliphatic rings. The molecule has 0 aromatic heterocycles. The Kier molecular flexibility index (Phi) is 17.9. The van der Waals surface area contributed by atoms with Gasteiger partial charge in [-0.15, -0.1) is 0 Å². The molecule has 38 heavy (non-hydrogen) atoms. The van der Waals surface area contributed by atoms with Gasteiger partial charge in [0, 0.05) is 31.9 Å². The Bertz CT molecular complexity index is 687. The summed E-state index contributed by atoms with van der Waals surface area (Å²) in [6.07, 6.45) is 23.2. The zero-order chi connectivity index (χ0) is 27.4. The molecule has 2 atom stereocenters. The summed E-state index contributed by atoms with van der Waals surface area (Å²) in [7, 11) is 1.77. The van der Waals surface area contributed by atoms with Crippen LogP contribution in [-0.4, -0.2) is 44.7 Å². The second-order valence-electron chi connectivity index (χ2n) is 12.2. The number of fused-ring (bicyclic) bond motifs is 1. The van der Waals surface area contributed by atoms with E-state index in [0.29, 0.717) is 0 Å². The number of rotatable bonds is 23. The largest absolute Gasteiger partial charge is 0.497 e.